The Morgan fingerprint density at radius 2 is 2.00 bits per heavy atom. The van der Waals surface area contributed by atoms with Crippen molar-refractivity contribution >= 4 is 11.9 Å². The van der Waals surface area contributed by atoms with Gasteiger partial charge in [0.1, 0.15) is 17.1 Å². The molecule has 1 rings (SSSR count). The molecule has 0 aliphatic heterocycles. The number of carbonyl (C=O) groups excluding carboxylic acids is 2. The average molecular weight is 239 g/mol. The number of amides is 1. The van der Waals surface area contributed by atoms with Crippen LogP contribution in [0.15, 0.2) is 18.2 Å². The summed E-state index contributed by atoms with van der Waals surface area (Å²) in [6, 6.07) is 4.56. The number of esters is 1. The number of hydrogen-bond acceptors (Lipinski definition) is 5. The molecule has 0 bridgehead atoms. The Balaban J connectivity index is 3.02. The molecule has 1 aromatic rings. The lowest BCUT2D eigenvalue weighted by molar-refractivity contribution is -0.119. The lowest BCUT2D eigenvalue weighted by atomic mass is 10.2. The summed E-state index contributed by atoms with van der Waals surface area (Å²) in [6.45, 7) is -0.322. The summed E-state index contributed by atoms with van der Waals surface area (Å²) in [5.41, 5.74) is 5.16. The molecule has 2 N–H and O–H groups in total. The summed E-state index contributed by atoms with van der Waals surface area (Å²) >= 11 is 0. The second-order valence-corrected chi connectivity index (χ2v) is 3.11. The van der Waals surface area contributed by atoms with Crippen molar-refractivity contribution in [3.05, 3.63) is 23.8 Å². The minimum Gasteiger partial charge on any atom is -0.497 e. The maximum absolute atomic E-state index is 11.4. The topological polar surface area (TPSA) is 87.8 Å². The number of ether oxygens (including phenoxy) is 3. The Kier molecular flexibility index (Phi) is 4.33. The number of hydrogen-bond donors (Lipinski definition) is 1. The Morgan fingerprint density at radius 3 is 2.53 bits per heavy atom. The molecule has 17 heavy (non-hydrogen) atoms. The van der Waals surface area contributed by atoms with E-state index in [0.717, 1.165) is 0 Å². The number of carbonyl (C=O) groups is 2. The van der Waals surface area contributed by atoms with E-state index in [1.807, 2.05) is 0 Å². The molecule has 0 saturated carbocycles. The molecule has 0 aliphatic carbocycles. The fourth-order valence-corrected chi connectivity index (χ4v) is 1.18. The zero-order valence-corrected chi connectivity index (χ0v) is 9.56. The summed E-state index contributed by atoms with van der Waals surface area (Å²) in [7, 11) is 2.73. The summed E-state index contributed by atoms with van der Waals surface area (Å²) in [6.07, 6.45) is 0. The maximum Gasteiger partial charge on any atom is 0.341 e. The Morgan fingerprint density at radius 1 is 1.29 bits per heavy atom. The van der Waals surface area contributed by atoms with E-state index in [4.69, 9.17) is 15.2 Å². The van der Waals surface area contributed by atoms with E-state index in [-0.39, 0.29) is 17.9 Å². The van der Waals surface area contributed by atoms with Crippen LogP contribution >= 0.6 is 0 Å². The van der Waals surface area contributed by atoms with Crippen LogP contribution in [-0.4, -0.2) is 32.7 Å². The van der Waals surface area contributed by atoms with Gasteiger partial charge in [0.2, 0.25) is 0 Å². The van der Waals surface area contributed by atoms with Gasteiger partial charge < -0.3 is 19.9 Å². The van der Waals surface area contributed by atoms with Gasteiger partial charge in [0.05, 0.1) is 14.2 Å². The molecule has 92 valence electrons. The van der Waals surface area contributed by atoms with Crippen molar-refractivity contribution in [1.82, 2.24) is 0 Å². The molecule has 0 unspecified atom stereocenters. The van der Waals surface area contributed by atoms with Crippen molar-refractivity contribution < 1.29 is 23.8 Å². The maximum atomic E-state index is 11.4. The van der Waals surface area contributed by atoms with Gasteiger partial charge in [-0.3, -0.25) is 4.79 Å². The molecule has 6 heteroatoms. The molecule has 0 heterocycles. The zero-order valence-electron chi connectivity index (χ0n) is 9.56. The molecular formula is C11H13NO5. The third kappa shape index (κ3) is 3.37. The molecule has 1 amide bonds. The Bertz CT molecular complexity index is 430. The average Bonchev–Trinajstić information content (AvgIpc) is 2.34. The van der Waals surface area contributed by atoms with Crippen LogP contribution in [0.4, 0.5) is 0 Å². The summed E-state index contributed by atoms with van der Waals surface area (Å²) < 4.78 is 14.7. The van der Waals surface area contributed by atoms with Gasteiger partial charge >= 0.3 is 5.97 Å². The fourth-order valence-electron chi connectivity index (χ4n) is 1.18. The highest BCUT2D eigenvalue weighted by Crippen LogP contribution is 2.25. The van der Waals surface area contributed by atoms with E-state index in [2.05, 4.69) is 4.74 Å². The first-order valence-electron chi connectivity index (χ1n) is 4.76. The normalized spacial score (nSPS) is 9.53. The Labute approximate surface area is 98.3 Å². The van der Waals surface area contributed by atoms with Crippen molar-refractivity contribution in [2.75, 3.05) is 20.8 Å². The van der Waals surface area contributed by atoms with Crippen LogP contribution in [0, 0.1) is 0 Å². The first kappa shape index (κ1) is 12.8. The minimum atomic E-state index is -0.636. The van der Waals surface area contributed by atoms with Crippen molar-refractivity contribution in [3.8, 4) is 11.5 Å². The van der Waals surface area contributed by atoms with Crippen LogP contribution in [-0.2, 0) is 9.53 Å². The molecule has 0 atom stereocenters. The SMILES string of the molecule is COC(=O)c1ccc(OC)cc1OCC(N)=O. The lowest BCUT2D eigenvalue weighted by Crippen LogP contribution is -2.21. The predicted molar refractivity (Wildman–Crippen MR) is 59.0 cm³/mol. The highest BCUT2D eigenvalue weighted by atomic mass is 16.5. The first-order chi connectivity index (χ1) is 8.08. The van der Waals surface area contributed by atoms with Crippen molar-refractivity contribution in [1.29, 1.82) is 0 Å². The van der Waals surface area contributed by atoms with Crippen LogP contribution in [0.2, 0.25) is 0 Å². The van der Waals surface area contributed by atoms with E-state index < -0.39 is 11.9 Å². The molecule has 0 aromatic heterocycles. The van der Waals surface area contributed by atoms with Gasteiger partial charge in [-0.15, -0.1) is 0 Å². The predicted octanol–water partition coefficient (Wildman–Crippen LogP) is 0.346. The van der Waals surface area contributed by atoms with E-state index in [1.54, 1.807) is 6.07 Å². The molecule has 0 fully saturated rings. The first-order valence-corrected chi connectivity index (χ1v) is 4.76. The second-order valence-electron chi connectivity index (χ2n) is 3.11. The number of primary amides is 1. The fraction of sp³-hybridized carbons (Fsp3) is 0.273. The van der Waals surface area contributed by atoms with Gasteiger partial charge in [-0.1, -0.05) is 0 Å². The van der Waals surface area contributed by atoms with E-state index in [0.29, 0.717) is 5.75 Å². The smallest absolute Gasteiger partial charge is 0.341 e. The Hall–Kier alpha value is -2.24. The van der Waals surface area contributed by atoms with Crippen LogP contribution in [0.1, 0.15) is 10.4 Å². The highest BCUT2D eigenvalue weighted by Gasteiger charge is 2.14. The van der Waals surface area contributed by atoms with E-state index >= 15 is 0 Å². The van der Waals surface area contributed by atoms with Gasteiger partial charge in [-0.2, -0.15) is 0 Å². The minimum absolute atomic E-state index is 0.190. The molecule has 0 radical (unpaired) electrons. The number of methoxy groups -OCH3 is 2. The number of rotatable bonds is 5. The molecule has 0 spiro atoms. The molecule has 0 saturated heterocycles. The lowest BCUT2D eigenvalue weighted by Gasteiger charge is -2.10. The van der Waals surface area contributed by atoms with Crippen LogP contribution in [0.3, 0.4) is 0 Å². The van der Waals surface area contributed by atoms with Gasteiger partial charge in [-0.05, 0) is 12.1 Å². The molecule has 6 nitrogen and oxygen atoms in total. The zero-order chi connectivity index (χ0) is 12.8. The van der Waals surface area contributed by atoms with E-state index in [1.165, 1.54) is 26.4 Å². The molecule has 0 aliphatic rings. The summed E-state index contributed by atoms with van der Waals surface area (Å²) in [4.78, 5) is 22.0. The largest absolute Gasteiger partial charge is 0.497 e. The second kappa shape index (κ2) is 5.74. The van der Waals surface area contributed by atoms with Crippen molar-refractivity contribution in [2.24, 2.45) is 5.73 Å². The monoisotopic (exact) mass is 239 g/mol. The van der Waals surface area contributed by atoms with Crippen molar-refractivity contribution in [3.63, 3.8) is 0 Å². The third-order valence-corrected chi connectivity index (χ3v) is 1.96. The standard InChI is InChI=1S/C11H13NO5/c1-15-7-3-4-8(11(14)16-2)9(5-7)17-6-10(12)13/h3-5H,6H2,1-2H3,(H2,12,13). The van der Waals surface area contributed by atoms with Crippen LogP contribution in [0.25, 0.3) is 0 Å². The number of nitrogens with two attached hydrogens (primary N) is 1. The van der Waals surface area contributed by atoms with Gasteiger partial charge in [-0.25, -0.2) is 4.79 Å². The summed E-state index contributed by atoms with van der Waals surface area (Å²) in [5.74, 6) is -0.511. The highest BCUT2D eigenvalue weighted by molar-refractivity contribution is 5.92. The van der Waals surface area contributed by atoms with Crippen molar-refractivity contribution in [2.45, 2.75) is 0 Å². The van der Waals surface area contributed by atoms with Crippen LogP contribution in [0.5, 0.6) is 11.5 Å². The third-order valence-electron chi connectivity index (χ3n) is 1.96. The number of benzene rings is 1. The summed E-state index contributed by atoms with van der Waals surface area (Å²) in [5, 5.41) is 0. The van der Waals surface area contributed by atoms with Gasteiger partial charge in [0.25, 0.3) is 5.91 Å². The molecular weight excluding hydrogens is 226 g/mol. The van der Waals surface area contributed by atoms with Gasteiger partial charge in [0.15, 0.2) is 6.61 Å². The van der Waals surface area contributed by atoms with E-state index in [9.17, 15) is 9.59 Å². The van der Waals surface area contributed by atoms with Gasteiger partial charge in [0, 0.05) is 6.07 Å². The quantitative estimate of drug-likeness (QED) is 0.749. The molecule has 1 aromatic carbocycles. The van der Waals surface area contributed by atoms with Crippen LogP contribution < -0.4 is 15.2 Å².